The van der Waals surface area contributed by atoms with Crippen molar-refractivity contribution in [1.82, 2.24) is 0 Å². The van der Waals surface area contributed by atoms with E-state index in [0.717, 1.165) is 16.7 Å². The van der Waals surface area contributed by atoms with Gasteiger partial charge in [-0.15, -0.1) is 0 Å². The Kier molecular flexibility index (Phi) is 4.46. The predicted molar refractivity (Wildman–Crippen MR) is 109 cm³/mol. The molecular formula is C23H18ClNO2. The molecule has 0 aromatic heterocycles. The van der Waals surface area contributed by atoms with Crippen molar-refractivity contribution in [3.63, 3.8) is 0 Å². The molecule has 0 radical (unpaired) electrons. The molecule has 3 aromatic rings. The average Bonchev–Trinajstić information content (AvgIpc) is 2.95. The Morgan fingerprint density at radius 3 is 2.15 bits per heavy atom. The third kappa shape index (κ3) is 3.11. The van der Waals surface area contributed by atoms with Crippen LogP contribution in [-0.4, -0.2) is 11.0 Å². The lowest BCUT2D eigenvalue weighted by molar-refractivity contribution is -0.117. The minimum absolute atomic E-state index is 0.221. The Labute approximate surface area is 163 Å². The van der Waals surface area contributed by atoms with Crippen molar-refractivity contribution in [2.24, 2.45) is 0 Å². The number of carbonyl (C=O) groups is 1. The molecule has 4 rings (SSSR count). The second kappa shape index (κ2) is 6.93. The highest BCUT2D eigenvalue weighted by Gasteiger charge is 2.41. The fourth-order valence-corrected chi connectivity index (χ4v) is 3.58. The van der Waals surface area contributed by atoms with Gasteiger partial charge in [0.2, 0.25) is 0 Å². The van der Waals surface area contributed by atoms with Crippen LogP contribution in [0.15, 0.2) is 84.6 Å². The highest BCUT2D eigenvalue weighted by molar-refractivity contribution is 6.30. The molecule has 0 saturated heterocycles. The highest BCUT2D eigenvalue weighted by Crippen LogP contribution is 2.45. The summed E-state index contributed by atoms with van der Waals surface area (Å²) in [7, 11) is 0. The summed E-state index contributed by atoms with van der Waals surface area (Å²) < 4.78 is 0. The Morgan fingerprint density at radius 2 is 1.52 bits per heavy atom. The second-order valence-corrected chi connectivity index (χ2v) is 7.03. The summed E-state index contributed by atoms with van der Waals surface area (Å²) in [6, 6.07) is 24.2. The first-order valence-electron chi connectivity index (χ1n) is 8.70. The van der Waals surface area contributed by atoms with E-state index in [1.807, 2.05) is 61.5 Å². The van der Waals surface area contributed by atoms with Gasteiger partial charge in [0.25, 0.3) is 5.91 Å². The Morgan fingerprint density at radius 1 is 0.889 bits per heavy atom. The van der Waals surface area contributed by atoms with Gasteiger partial charge in [-0.3, -0.25) is 9.69 Å². The van der Waals surface area contributed by atoms with Gasteiger partial charge in [-0.05, 0) is 42.3 Å². The molecule has 1 aliphatic rings. The zero-order valence-corrected chi connectivity index (χ0v) is 15.5. The van der Waals surface area contributed by atoms with Crippen molar-refractivity contribution < 1.29 is 9.90 Å². The molecule has 3 aromatic carbocycles. The minimum Gasteiger partial charge on any atom is -0.503 e. The number of rotatable bonds is 3. The van der Waals surface area contributed by atoms with Gasteiger partial charge in [-0.2, -0.15) is 0 Å². The Bertz CT molecular complexity index is 1010. The maximum atomic E-state index is 13.0. The van der Waals surface area contributed by atoms with Crippen LogP contribution in [0, 0.1) is 6.92 Å². The van der Waals surface area contributed by atoms with Crippen LogP contribution in [-0.2, 0) is 4.79 Å². The van der Waals surface area contributed by atoms with Gasteiger partial charge < -0.3 is 5.11 Å². The fraction of sp³-hybridized carbons (Fsp3) is 0.0870. The Balaban J connectivity index is 1.90. The number of nitrogens with zero attached hydrogens (tertiary/aromatic N) is 1. The van der Waals surface area contributed by atoms with Crippen molar-refractivity contribution in [1.29, 1.82) is 0 Å². The summed E-state index contributed by atoms with van der Waals surface area (Å²) in [6.07, 6.45) is 0. The quantitative estimate of drug-likeness (QED) is 0.637. The van der Waals surface area contributed by atoms with Gasteiger partial charge >= 0.3 is 0 Å². The van der Waals surface area contributed by atoms with Crippen LogP contribution in [0.25, 0.3) is 5.57 Å². The smallest absolute Gasteiger partial charge is 0.294 e. The maximum absolute atomic E-state index is 13.0. The van der Waals surface area contributed by atoms with Gasteiger partial charge in [0.1, 0.15) is 0 Å². The number of benzene rings is 3. The summed E-state index contributed by atoms with van der Waals surface area (Å²) in [6.45, 7) is 2.02. The van der Waals surface area contributed by atoms with Crippen molar-refractivity contribution in [3.8, 4) is 0 Å². The molecule has 3 nitrogen and oxygen atoms in total. The number of hydrogen-bond donors (Lipinski definition) is 1. The van der Waals surface area contributed by atoms with Gasteiger partial charge in [-0.25, -0.2) is 0 Å². The number of anilines is 1. The molecule has 0 aliphatic carbocycles. The molecule has 0 bridgehead atoms. The van der Waals surface area contributed by atoms with E-state index in [1.165, 1.54) is 0 Å². The van der Waals surface area contributed by atoms with Crippen molar-refractivity contribution >= 4 is 28.8 Å². The summed E-state index contributed by atoms with van der Waals surface area (Å²) in [5.41, 5.74) is 4.19. The summed E-state index contributed by atoms with van der Waals surface area (Å²) in [5, 5.41) is 11.3. The van der Waals surface area contributed by atoms with E-state index in [9.17, 15) is 9.90 Å². The number of aliphatic hydroxyl groups is 1. The monoisotopic (exact) mass is 375 g/mol. The Hall–Kier alpha value is -3.04. The molecule has 1 N–H and O–H groups in total. The third-order valence-corrected chi connectivity index (χ3v) is 5.04. The molecule has 1 heterocycles. The standard InChI is InChI=1S/C23H18ClNO2/c1-15-7-9-17(10-8-15)21-20(16-5-3-2-4-6-16)22(26)23(27)25(21)19-13-11-18(24)12-14-19/h2-14,21,26H,1H3/t21-/m1/s1. The fourth-order valence-electron chi connectivity index (χ4n) is 3.45. The van der Waals surface area contributed by atoms with E-state index in [1.54, 1.807) is 29.2 Å². The lowest BCUT2D eigenvalue weighted by atomic mass is 9.93. The van der Waals surface area contributed by atoms with Gasteiger partial charge in [0, 0.05) is 16.3 Å². The zero-order chi connectivity index (χ0) is 19.0. The molecule has 27 heavy (non-hydrogen) atoms. The first-order chi connectivity index (χ1) is 13.1. The SMILES string of the molecule is Cc1ccc([C@@H]2C(c3ccccc3)=C(O)C(=O)N2c2ccc(Cl)cc2)cc1. The number of aliphatic hydroxyl groups excluding tert-OH is 1. The van der Waals surface area contributed by atoms with Crippen LogP contribution in [0.1, 0.15) is 22.7 Å². The summed E-state index contributed by atoms with van der Waals surface area (Å²) in [5.74, 6) is -0.636. The summed E-state index contributed by atoms with van der Waals surface area (Å²) >= 11 is 6.02. The molecule has 1 aliphatic heterocycles. The largest absolute Gasteiger partial charge is 0.503 e. The van der Waals surface area contributed by atoms with Crippen molar-refractivity contribution in [2.75, 3.05) is 4.90 Å². The average molecular weight is 376 g/mol. The molecule has 0 fully saturated rings. The first kappa shape index (κ1) is 17.4. The van der Waals surface area contributed by atoms with Crippen molar-refractivity contribution in [2.45, 2.75) is 13.0 Å². The van der Waals surface area contributed by atoms with E-state index in [4.69, 9.17) is 11.6 Å². The van der Waals surface area contributed by atoms with E-state index in [0.29, 0.717) is 16.3 Å². The second-order valence-electron chi connectivity index (χ2n) is 6.59. The van der Waals surface area contributed by atoms with Crippen molar-refractivity contribution in [3.05, 3.63) is 106 Å². The normalized spacial score (nSPS) is 16.9. The lowest BCUT2D eigenvalue weighted by Gasteiger charge is -2.27. The van der Waals surface area contributed by atoms with Gasteiger partial charge in [0.15, 0.2) is 5.76 Å². The minimum atomic E-state index is -0.415. The zero-order valence-electron chi connectivity index (χ0n) is 14.8. The molecule has 1 amide bonds. The number of carbonyl (C=O) groups excluding carboxylic acids is 1. The molecular weight excluding hydrogens is 358 g/mol. The highest BCUT2D eigenvalue weighted by atomic mass is 35.5. The number of halogens is 1. The van der Waals surface area contributed by atoms with Crippen LogP contribution in [0.3, 0.4) is 0 Å². The lowest BCUT2D eigenvalue weighted by Crippen LogP contribution is -2.30. The maximum Gasteiger partial charge on any atom is 0.294 e. The molecule has 1 atom stereocenters. The number of hydrogen-bond acceptors (Lipinski definition) is 2. The molecule has 0 saturated carbocycles. The summed E-state index contributed by atoms with van der Waals surface area (Å²) in [4.78, 5) is 14.6. The van der Waals surface area contributed by atoms with Crippen LogP contribution < -0.4 is 4.90 Å². The predicted octanol–water partition coefficient (Wildman–Crippen LogP) is 5.71. The van der Waals surface area contributed by atoms with Crippen LogP contribution in [0.2, 0.25) is 5.02 Å². The van der Waals surface area contributed by atoms with Gasteiger partial charge in [0.05, 0.1) is 6.04 Å². The molecule has 0 unspecified atom stereocenters. The van der Waals surface area contributed by atoms with E-state index < -0.39 is 11.9 Å². The van der Waals surface area contributed by atoms with Gasteiger partial charge in [-0.1, -0.05) is 71.8 Å². The van der Waals surface area contributed by atoms with E-state index in [-0.39, 0.29) is 5.76 Å². The number of aryl methyl sites for hydroxylation is 1. The van der Waals surface area contributed by atoms with E-state index in [2.05, 4.69) is 0 Å². The van der Waals surface area contributed by atoms with Crippen LogP contribution >= 0.6 is 11.6 Å². The van der Waals surface area contributed by atoms with E-state index >= 15 is 0 Å². The van der Waals surface area contributed by atoms with Crippen LogP contribution in [0.4, 0.5) is 5.69 Å². The first-order valence-corrected chi connectivity index (χ1v) is 9.08. The third-order valence-electron chi connectivity index (χ3n) is 4.79. The topological polar surface area (TPSA) is 40.5 Å². The molecule has 4 heteroatoms. The molecule has 134 valence electrons. The van der Waals surface area contributed by atoms with Crippen LogP contribution in [0.5, 0.6) is 0 Å². The number of amides is 1. The molecule has 0 spiro atoms.